The number of carbonyl (C=O) groups is 1. The normalized spacial score (nSPS) is 11.9. The van der Waals surface area contributed by atoms with Crippen LogP contribution in [0.1, 0.15) is 23.9 Å². The molecule has 3 rings (SSSR count). The molecule has 0 radical (unpaired) electrons. The minimum Gasteiger partial charge on any atom is -0.487 e. The molecule has 0 aliphatic rings. The second-order valence-corrected chi connectivity index (χ2v) is 6.71. The standard InChI is InChI=1S/C23H23F2NO5/c1-4-29-21(23(27)28-3)11-15-9-10-16(12-19(15)25)30-13-20-14(2)31-22(26-20)17-7-5-6-8-18(17)24/h5-10,12,21H,4,11,13H2,1-3H3. The number of oxazole rings is 1. The molecule has 3 aromatic rings. The maximum Gasteiger partial charge on any atom is 0.335 e. The Morgan fingerprint density at radius 2 is 1.94 bits per heavy atom. The summed E-state index contributed by atoms with van der Waals surface area (Å²) in [5.41, 5.74) is 1.03. The van der Waals surface area contributed by atoms with Crippen LogP contribution in [-0.4, -0.2) is 30.8 Å². The van der Waals surface area contributed by atoms with Crippen LogP contribution in [0.2, 0.25) is 0 Å². The smallest absolute Gasteiger partial charge is 0.335 e. The van der Waals surface area contributed by atoms with Crippen molar-refractivity contribution < 1.29 is 32.2 Å². The largest absolute Gasteiger partial charge is 0.487 e. The van der Waals surface area contributed by atoms with E-state index in [0.29, 0.717) is 23.6 Å². The molecule has 1 aromatic heterocycles. The second kappa shape index (κ2) is 10.2. The SMILES string of the molecule is CCOC(Cc1ccc(OCc2nc(-c3ccccc3F)oc2C)cc1F)C(=O)OC. The summed E-state index contributed by atoms with van der Waals surface area (Å²) >= 11 is 0. The van der Waals surface area contributed by atoms with Crippen molar-refractivity contribution in [1.82, 2.24) is 4.98 Å². The van der Waals surface area contributed by atoms with Gasteiger partial charge in [0.15, 0.2) is 6.10 Å². The number of hydrogen-bond acceptors (Lipinski definition) is 6. The van der Waals surface area contributed by atoms with Gasteiger partial charge in [-0.25, -0.2) is 18.6 Å². The first-order valence-corrected chi connectivity index (χ1v) is 9.74. The second-order valence-electron chi connectivity index (χ2n) is 6.71. The number of esters is 1. The summed E-state index contributed by atoms with van der Waals surface area (Å²) in [6, 6.07) is 10.5. The van der Waals surface area contributed by atoms with Gasteiger partial charge in [0, 0.05) is 19.1 Å². The van der Waals surface area contributed by atoms with Crippen molar-refractivity contribution in [1.29, 1.82) is 0 Å². The van der Waals surface area contributed by atoms with Crippen LogP contribution in [0.25, 0.3) is 11.5 Å². The van der Waals surface area contributed by atoms with Crippen molar-refractivity contribution in [2.24, 2.45) is 0 Å². The number of benzene rings is 2. The lowest BCUT2D eigenvalue weighted by molar-refractivity contribution is -0.153. The summed E-state index contributed by atoms with van der Waals surface area (Å²) in [5, 5.41) is 0. The number of aromatic nitrogens is 1. The predicted molar refractivity (Wildman–Crippen MR) is 109 cm³/mol. The molecule has 0 bridgehead atoms. The minimum atomic E-state index is -0.883. The van der Waals surface area contributed by atoms with E-state index in [0.717, 1.165) is 0 Å². The van der Waals surface area contributed by atoms with Crippen molar-refractivity contribution >= 4 is 5.97 Å². The van der Waals surface area contributed by atoms with Gasteiger partial charge in [0.25, 0.3) is 0 Å². The first-order valence-electron chi connectivity index (χ1n) is 9.74. The van der Waals surface area contributed by atoms with Gasteiger partial charge in [0.1, 0.15) is 35.4 Å². The van der Waals surface area contributed by atoms with Gasteiger partial charge < -0.3 is 18.6 Å². The van der Waals surface area contributed by atoms with Crippen molar-refractivity contribution in [3.8, 4) is 17.2 Å². The quantitative estimate of drug-likeness (QED) is 0.460. The van der Waals surface area contributed by atoms with Gasteiger partial charge in [0.2, 0.25) is 5.89 Å². The molecule has 0 spiro atoms. The maximum absolute atomic E-state index is 14.5. The van der Waals surface area contributed by atoms with Crippen molar-refractivity contribution in [2.45, 2.75) is 33.0 Å². The third kappa shape index (κ3) is 5.46. The fourth-order valence-electron chi connectivity index (χ4n) is 2.99. The van der Waals surface area contributed by atoms with E-state index in [1.54, 1.807) is 38.1 Å². The third-order valence-corrected chi connectivity index (χ3v) is 4.63. The van der Waals surface area contributed by atoms with Crippen LogP contribution in [0.15, 0.2) is 46.9 Å². The predicted octanol–water partition coefficient (Wildman–Crippen LogP) is 4.63. The molecular formula is C23H23F2NO5. The summed E-state index contributed by atoms with van der Waals surface area (Å²) < 4.78 is 49.7. The molecular weight excluding hydrogens is 408 g/mol. The number of carbonyl (C=O) groups excluding carboxylic acids is 1. The van der Waals surface area contributed by atoms with Crippen LogP contribution >= 0.6 is 0 Å². The number of halogens is 2. The summed E-state index contributed by atoms with van der Waals surface area (Å²) in [4.78, 5) is 16.1. The van der Waals surface area contributed by atoms with Gasteiger partial charge in [-0.05, 0) is 37.6 Å². The zero-order valence-corrected chi connectivity index (χ0v) is 17.5. The van der Waals surface area contributed by atoms with E-state index in [4.69, 9.17) is 18.6 Å². The molecule has 0 saturated heterocycles. The summed E-state index contributed by atoms with van der Waals surface area (Å²) in [6.45, 7) is 3.76. The van der Waals surface area contributed by atoms with Crippen molar-refractivity contribution in [2.75, 3.05) is 13.7 Å². The van der Waals surface area contributed by atoms with Crippen LogP contribution in [-0.2, 0) is 27.3 Å². The molecule has 0 amide bonds. The van der Waals surface area contributed by atoms with E-state index in [1.807, 2.05) is 0 Å². The number of aryl methyl sites for hydroxylation is 1. The molecule has 31 heavy (non-hydrogen) atoms. The number of nitrogens with zero attached hydrogens (tertiary/aromatic N) is 1. The average molecular weight is 431 g/mol. The Hall–Kier alpha value is -3.26. The number of rotatable bonds is 9. The van der Waals surface area contributed by atoms with E-state index in [-0.39, 0.29) is 30.2 Å². The number of ether oxygens (including phenoxy) is 3. The lowest BCUT2D eigenvalue weighted by atomic mass is 10.1. The van der Waals surface area contributed by atoms with E-state index >= 15 is 0 Å². The van der Waals surface area contributed by atoms with Crippen LogP contribution in [0.4, 0.5) is 8.78 Å². The number of hydrogen-bond donors (Lipinski definition) is 0. The molecule has 6 nitrogen and oxygen atoms in total. The topological polar surface area (TPSA) is 70.8 Å². The van der Waals surface area contributed by atoms with Crippen molar-refractivity contribution in [3.63, 3.8) is 0 Å². The van der Waals surface area contributed by atoms with Gasteiger partial charge in [0.05, 0.1) is 12.7 Å². The Labute approximate surface area is 178 Å². The third-order valence-electron chi connectivity index (χ3n) is 4.63. The Morgan fingerprint density at radius 1 is 1.16 bits per heavy atom. The highest BCUT2D eigenvalue weighted by Gasteiger charge is 2.22. The highest BCUT2D eigenvalue weighted by molar-refractivity contribution is 5.75. The van der Waals surface area contributed by atoms with Crippen molar-refractivity contribution in [3.05, 3.63) is 71.1 Å². The monoisotopic (exact) mass is 431 g/mol. The molecule has 0 aliphatic carbocycles. The Kier molecular flexibility index (Phi) is 7.36. The summed E-state index contributed by atoms with van der Waals surface area (Å²) in [7, 11) is 1.26. The molecule has 164 valence electrons. The van der Waals surface area contributed by atoms with Crippen LogP contribution in [0, 0.1) is 18.6 Å². The van der Waals surface area contributed by atoms with Gasteiger partial charge in [-0.1, -0.05) is 18.2 Å². The maximum atomic E-state index is 14.5. The number of methoxy groups -OCH3 is 1. The molecule has 1 unspecified atom stereocenters. The Bertz CT molecular complexity index is 1050. The summed E-state index contributed by atoms with van der Waals surface area (Å²) in [6.07, 6.45) is -0.841. The molecule has 2 aromatic carbocycles. The lowest BCUT2D eigenvalue weighted by Gasteiger charge is -2.15. The highest BCUT2D eigenvalue weighted by atomic mass is 19.1. The van der Waals surface area contributed by atoms with E-state index < -0.39 is 23.7 Å². The Morgan fingerprint density at radius 3 is 2.61 bits per heavy atom. The van der Waals surface area contributed by atoms with Crippen LogP contribution in [0.3, 0.4) is 0 Å². The first-order chi connectivity index (χ1) is 14.9. The van der Waals surface area contributed by atoms with Gasteiger partial charge in [-0.2, -0.15) is 0 Å². The fourth-order valence-corrected chi connectivity index (χ4v) is 2.99. The molecule has 1 atom stereocenters. The van der Waals surface area contributed by atoms with E-state index in [9.17, 15) is 13.6 Å². The lowest BCUT2D eigenvalue weighted by Crippen LogP contribution is -2.28. The van der Waals surface area contributed by atoms with Gasteiger partial charge in [-0.3, -0.25) is 0 Å². The zero-order valence-electron chi connectivity index (χ0n) is 17.5. The minimum absolute atomic E-state index is 0.0201. The molecule has 1 heterocycles. The molecule has 8 heteroatoms. The van der Waals surface area contributed by atoms with E-state index in [1.165, 1.54) is 25.3 Å². The highest BCUT2D eigenvalue weighted by Crippen LogP contribution is 2.25. The molecule has 0 saturated carbocycles. The van der Waals surface area contributed by atoms with Gasteiger partial charge >= 0.3 is 5.97 Å². The molecule has 0 aliphatic heterocycles. The summed E-state index contributed by atoms with van der Waals surface area (Å²) in [5.74, 6) is -0.620. The van der Waals surface area contributed by atoms with Crippen LogP contribution in [0.5, 0.6) is 5.75 Å². The fraction of sp³-hybridized carbons (Fsp3) is 0.304. The Balaban J connectivity index is 1.68. The van der Waals surface area contributed by atoms with Crippen LogP contribution < -0.4 is 4.74 Å². The average Bonchev–Trinajstić information content (AvgIpc) is 3.13. The molecule has 0 fully saturated rings. The molecule has 0 N–H and O–H groups in total. The first kappa shape index (κ1) is 22.4. The van der Waals surface area contributed by atoms with Gasteiger partial charge in [-0.15, -0.1) is 0 Å². The van der Waals surface area contributed by atoms with E-state index in [2.05, 4.69) is 4.98 Å². The zero-order chi connectivity index (χ0) is 22.4.